The van der Waals surface area contributed by atoms with E-state index in [1.54, 1.807) is 11.0 Å². The van der Waals surface area contributed by atoms with E-state index in [2.05, 4.69) is 5.32 Å². The summed E-state index contributed by atoms with van der Waals surface area (Å²) >= 11 is 0. The Bertz CT molecular complexity index is 555. The van der Waals surface area contributed by atoms with Crippen molar-refractivity contribution in [3.8, 4) is 0 Å². The van der Waals surface area contributed by atoms with E-state index in [1.165, 1.54) is 17.4 Å². The second kappa shape index (κ2) is 9.01. The number of hydrogen-bond donors (Lipinski definition) is 2. The van der Waals surface area contributed by atoms with Gasteiger partial charge >= 0.3 is 0 Å². The summed E-state index contributed by atoms with van der Waals surface area (Å²) in [5.74, 6) is -0.153. The van der Waals surface area contributed by atoms with Crippen LogP contribution in [0.25, 0.3) is 0 Å². The van der Waals surface area contributed by atoms with Gasteiger partial charge in [0.15, 0.2) is 0 Å². The smallest absolute Gasteiger partial charge is 0.257 e. The van der Waals surface area contributed by atoms with Gasteiger partial charge in [0.25, 0.3) is 5.91 Å². The summed E-state index contributed by atoms with van der Waals surface area (Å²) < 4.78 is 10.4. The Kier molecular flexibility index (Phi) is 6.47. The first kappa shape index (κ1) is 17.9. The van der Waals surface area contributed by atoms with Crippen molar-refractivity contribution in [3.63, 3.8) is 0 Å². The van der Waals surface area contributed by atoms with Gasteiger partial charge in [-0.1, -0.05) is 0 Å². The fourth-order valence-electron chi connectivity index (χ4n) is 3.58. The number of carbonyl (C=O) groups excluding carboxylic acids is 2. The first-order valence-electron chi connectivity index (χ1n) is 9.28. The van der Waals surface area contributed by atoms with Gasteiger partial charge in [-0.25, -0.2) is 0 Å². The second-order valence-corrected chi connectivity index (χ2v) is 6.78. The molecule has 138 valence electrons. The standard InChI is InChI=1S/C18H27N3O4/c22-17(19-6-3-7-20-9-12-24-13-10-20)16-4-1-2-8-21(16)18(23)15-5-11-25-14-15/h5,11,14,16H,1-4,6-10,12-13H2,(H,19,22)/p+1/t16-/m1/s1. The Morgan fingerprint density at radius 2 is 2.12 bits per heavy atom. The van der Waals surface area contributed by atoms with E-state index in [9.17, 15) is 9.59 Å². The highest BCUT2D eigenvalue weighted by Gasteiger charge is 2.32. The minimum atomic E-state index is -0.369. The number of piperidine rings is 1. The van der Waals surface area contributed by atoms with Crippen molar-refractivity contribution in [1.29, 1.82) is 0 Å². The summed E-state index contributed by atoms with van der Waals surface area (Å²) in [5.41, 5.74) is 0.510. The fourth-order valence-corrected chi connectivity index (χ4v) is 3.58. The van der Waals surface area contributed by atoms with Crippen LogP contribution in [-0.2, 0) is 9.53 Å². The molecular formula is C18H28N3O4+. The van der Waals surface area contributed by atoms with Crippen LogP contribution in [-0.4, -0.2) is 68.7 Å². The summed E-state index contributed by atoms with van der Waals surface area (Å²) in [6.45, 7) is 6.08. The van der Waals surface area contributed by atoms with Crippen LogP contribution in [0, 0.1) is 0 Å². The third kappa shape index (κ3) is 4.83. The molecule has 1 aromatic heterocycles. The molecular weight excluding hydrogens is 322 g/mol. The van der Waals surface area contributed by atoms with Crippen LogP contribution in [0.2, 0.25) is 0 Å². The Morgan fingerprint density at radius 1 is 1.28 bits per heavy atom. The number of nitrogens with one attached hydrogen (secondary N) is 2. The van der Waals surface area contributed by atoms with Crippen LogP contribution in [0.3, 0.4) is 0 Å². The molecule has 0 radical (unpaired) electrons. The number of rotatable bonds is 6. The molecule has 0 spiro atoms. The maximum absolute atomic E-state index is 12.6. The predicted molar refractivity (Wildman–Crippen MR) is 91.4 cm³/mol. The third-order valence-electron chi connectivity index (χ3n) is 5.04. The molecule has 2 aliphatic rings. The zero-order valence-corrected chi connectivity index (χ0v) is 14.7. The van der Waals surface area contributed by atoms with E-state index >= 15 is 0 Å². The minimum absolute atomic E-state index is 0.0338. The van der Waals surface area contributed by atoms with E-state index in [1.807, 2.05) is 0 Å². The topological polar surface area (TPSA) is 76.2 Å². The number of ether oxygens (including phenoxy) is 1. The molecule has 25 heavy (non-hydrogen) atoms. The van der Waals surface area contributed by atoms with Crippen LogP contribution >= 0.6 is 0 Å². The molecule has 7 nitrogen and oxygen atoms in total. The Labute approximate surface area is 148 Å². The maximum Gasteiger partial charge on any atom is 0.257 e. The van der Waals surface area contributed by atoms with Crippen molar-refractivity contribution in [2.75, 3.05) is 45.9 Å². The van der Waals surface area contributed by atoms with Crippen molar-refractivity contribution < 1.29 is 23.6 Å². The zero-order chi connectivity index (χ0) is 17.5. The summed E-state index contributed by atoms with van der Waals surface area (Å²) in [4.78, 5) is 28.4. The molecule has 3 rings (SSSR count). The van der Waals surface area contributed by atoms with E-state index < -0.39 is 0 Å². The number of carbonyl (C=O) groups is 2. The van der Waals surface area contributed by atoms with Gasteiger partial charge in [-0.2, -0.15) is 0 Å². The van der Waals surface area contributed by atoms with Crippen LogP contribution in [0.15, 0.2) is 23.0 Å². The normalized spacial score (nSPS) is 21.9. The van der Waals surface area contributed by atoms with Crippen molar-refractivity contribution in [2.45, 2.75) is 31.7 Å². The molecule has 1 aromatic rings. The SMILES string of the molecule is O=C(NCCC[NH+]1CCOCC1)[C@H]1CCCCN1C(=O)c1ccoc1. The van der Waals surface area contributed by atoms with Crippen molar-refractivity contribution in [2.24, 2.45) is 0 Å². The quantitative estimate of drug-likeness (QED) is 0.691. The molecule has 2 aliphatic heterocycles. The Morgan fingerprint density at radius 3 is 2.88 bits per heavy atom. The molecule has 1 atom stereocenters. The highest BCUT2D eigenvalue weighted by atomic mass is 16.5. The number of morpholine rings is 1. The number of hydrogen-bond acceptors (Lipinski definition) is 4. The molecule has 2 fully saturated rings. The van der Waals surface area contributed by atoms with Crippen molar-refractivity contribution in [1.82, 2.24) is 10.2 Å². The molecule has 0 unspecified atom stereocenters. The lowest BCUT2D eigenvalue weighted by Crippen LogP contribution is -3.14. The van der Waals surface area contributed by atoms with Crippen LogP contribution in [0.4, 0.5) is 0 Å². The average Bonchev–Trinajstić information content (AvgIpc) is 3.20. The minimum Gasteiger partial charge on any atom is -0.472 e. The van der Waals surface area contributed by atoms with E-state index in [-0.39, 0.29) is 17.9 Å². The van der Waals surface area contributed by atoms with Gasteiger partial charge in [-0.15, -0.1) is 0 Å². The monoisotopic (exact) mass is 350 g/mol. The summed E-state index contributed by atoms with van der Waals surface area (Å²) in [6, 6.07) is 1.28. The molecule has 7 heteroatoms. The molecule has 0 aliphatic carbocycles. The summed E-state index contributed by atoms with van der Waals surface area (Å²) in [5, 5.41) is 3.02. The first-order valence-corrected chi connectivity index (χ1v) is 9.28. The highest BCUT2D eigenvalue weighted by Crippen LogP contribution is 2.20. The first-order chi connectivity index (χ1) is 12.3. The summed E-state index contributed by atoms with van der Waals surface area (Å²) in [6.07, 6.45) is 6.52. The molecule has 2 amide bonds. The van der Waals surface area contributed by atoms with Gasteiger partial charge in [0.1, 0.15) is 25.4 Å². The second-order valence-electron chi connectivity index (χ2n) is 6.78. The van der Waals surface area contributed by atoms with E-state index in [0.717, 1.165) is 58.5 Å². The van der Waals surface area contributed by atoms with Gasteiger partial charge in [0.05, 0.1) is 31.6 Å². The third-order valence-corrected chi connectivity index (χ3v) is 5.04. The number of likely N-dealkylation sites (tertiary alicyclic amines) is 1. The van der Waals surface area contributed by atoms with Crippen LogP contribution < -0.4 is 10.2 Å². The number of furan rings is 1. The van der Waals surface area contributed by atoms with Crippen LogP contribution in [0.5, 0.6) is 0 Å². The fraction of sp³-hybridized carbons (Fsp3) is 0.667. The lowest BCUT2D eigenvalue weighted by atomic mass is 10.0. The Balaban J connectivity index is 1.46. The molecule has 0 bridgehead atoms. The maximum atomic E-state index is 12.6. The highest BCUT2D eigenvalue weighted by molar-refractivity contribution is 5.97. The number of nitrogens with zero attached hydrogens (tertiary/aromatic N) is 1. The number of quaternary nitrogens is 1. The van der Waals surface area contributed by atoms with Gasteiger partial charge in [0.2, 0.25) is 5.91 Å². The summed E-state index contributed by atoms with van der Waals surface area (Å²) in [7, 11) is 0. The predicted octanol–water partition coefficient (Wildman–Crippen LogP) is -0.304. The largest absolute Gasteiger partial charge is 0.472 e. The van der Waals surface area contributed by atoms with Gasteiger partial charge in [0, 0.05) is 19.5 Å². The molecule has 2 saturated heterocycles. The molecule has 3 heterocycles. The zero-order valence-electron chi connectivity index (χ0n) is 14.7. The van der Waals surface area contributed by atoms with Gasteiger partial charge in [-0.3, -0.25) is 9.59 Å². The van der Waals surface area contributed by atoms with Gasteiger partial charge in [-0.05, 0) is 25.3 Å². The number of amides is 2. The van der Waals surface area contributed by atoms with Gasteiger partial charge < -0.3 is 24.3 Å². The molecule has 0 saturated carbocycles. The van der Waals surface area contributed by atoms with E-state index in [4.69, 9.17) is 9.15 Å². The van der Waals surface area contributed by atoms with Crippen LogP contribution in [0.1, 0.15) is 36.0 Å². The lowest BCUT2D eigenvalue weighted by molar-refractivity contribution is -0.908. The lowest BCUT2D eigenvalue weighted by Gasteiger charge is -2.34. The average molecular weight is 350 g/mol. The Hall–Kier alpha value is -1.86. The van der Waals surface area contributed by atoms with Crippen molar-refractivity contribution in [3.05, 3.63) is 24.2 Å². The molecule has 2 N–H and O–H groups in total. The van der Waals surface area contributed by atoms with Crippen molar-refractivity contribution >= 4 is 11.8 Å². The molecule has 0 aromatic carbocycles. The van der Waals surface area contributed by atoms with E-state index in [0.29, 0.717) is 18.7 Å².